The van der Waals surface area contributed by atoms with Crippen LogP contribution >= 0.6 is 39.0 Å². The van der Waals surface area contributed by atoms with Crippen LogP contribution in [0.4, 0.5) is 5.69 Å². The minimum atomic E-state index is -0.0987. The number of halogens is 1. The Hall–Kier alpha value is -1.37. The lowest BCUT2D eigenvalue weighted by Crippen LogP contribution is -2.19. The van der Waals surface area contributed by atoms with Crippen molar-refractivity contribution >= 4 is 61.9 Å². The number of hydrogen-bond donors (Lipinski definition) is 1. The summed E-state index contributed by atoms with van der Waals surface area (Å²) in [5, 5.41) is 3.43. The monoisotopic (exact) mass is 392 g/mol. The van der Waals surface area contributed by atoms with E-state index in [1.165, 1.54) is 17.3 Å². The Morgan fingerprint density at radius 1 is 1.23 bits per heavy atom. The normalized spacial score (nSPS) is 18.2. The van der Waals surface area contributed by atoms with Gasteiger partial charge in [-0.05, 0) is 70.0 Å². The number of nitrogens with zero attached hydrogens (tertiary/aromatic N) is 1. The fourth-order valence-electron chi connectivity index (χ4n) is 1.94. The van der Waals surface area contributed by atoms with E-state index in [1.807, 2.05) is 30.3 Å². The molecular weight excluding hydrogens is 380 g/mol. The molecule has 112 valence electrons. The molecule has 0 bridgehead atoms. The third-order valence-corrected chi connectivity index (χ3v) is 5.57. The molecule has 1 N–H and O–H groups in total. The fraction of sp³-hybridized carbons (Fsp3) is 0.125. The summed E-state index contributed by atoms with van der Waals surface area (Å²) in [5.74, 6) is -0.0987. The Morgan fingerprint density at radius 3 is 2.64 bits per heavy atom. The number of thioether (sulfide) groups is 1. The molecule has 1 aromatic carbocycles. The van der Waals surface area contributed by atoms with Crippen molar-refractivity contribution in [2.75, 3.05) is 0 Å². The smallest absolute Gasteiger partial charge is 0.264 e. The predicted octanol–water partition coefficient (Wildman–Crippen LogP) is 4.96. The number of aryl methyl sites for hydroxylation is 1. The highest BCUT2D eigenvalue weighted by Crippen LogP contribution is 2.31. The zero-order valence-corrected chi connectivity index (χ0v) is 15.0. The first-order valence-corrected chi connectivity index (χ1v) is 9.20. The zero-order valence-electron chi connectivity index (χ0n) is 11.8. The van der Waals surface area contributed by atoms with E-state index in [9.17, 15) is 4.79 Å². The number of carbonyl (C=O) groups is 1. The first-order chi connectivity index (χ1) is 10.6. The minimum Gasteiger partial charge on any atom is -0.300 e. The summed E-state index contributed by atoms with van der Waals surface area (Å²) in [7, 11) is 0. The number of amidine groups is 1. The number of nitrogens with one attached hydrogen (secondary N) is 1. The summed E-state index contributed by atoms with van der Waals surface area (Å²) in [5.41, 5.74) is 2.12. The van der Waals surface area contributed by atoms with E-state index in [0.717, 1.165) is 20.8 Å². The first kappa shape index (κ1) is 15.5. The lowest BCUT2D eigenvalue weighted by atomic mass is 10.2. The van der Waals surface area contributed by atoms with Crippen molar-refractivity contribution in [3.63, 3.8) is 0 Å². The summed E-state index contributed by atoms with van der Waals surface area (Å²) in [6.45, 7) is 2.12. The van der Waals surface area contributed by atoms with Crippen LogP contribution in [0.25, 0.3) is 6.08 Å². The fourth-order valence-corrected chi connectivity index (χ4v) is 4.21. The number of benzene rings is 1. The second-order valence-electron chi connectivity index (χ2n) is 4.64. The molecule has 1 aliphatic heterocycles. The Balaban J connectivity index is 1.78. The van der Waals surface area contributed by atoms with Crippen molar-refractivity contribution in [3.05, 3.63) is 55.5 Å². The quantitative estimate of drug-likeness (QED) is 0.749. The number of amides is 1. The molecule has 0 saturated carbocycles. The molecule has 0 spiro atoms. The molecular formula is C16H13BrN2OS2. The molecule has 0 atom stereocenters. The average molecular weight is 393 g/mol. The summed E-state index contributed by atoms with van der Waals surface area (Å²) >= 11 is 6.39. The van der Waals surface area contributed by atoms with Crippen LogP contribution in [0.15, 0.2) is 50.1 Å². The van der Waals surface area contributed by atoms with Gasteiger partial charge in [-0.3, -0.25) is 4.79 Å². The van der Waals surface area contributed by atoms with Crippen molar-refractivity contribution in [2.45, 2.75) is 13.3 Å². The Kier molecular flexibility index (Phi) is 4.81. The first-order valence-electron chi connectivity index (χ1n) is 6.78. The second-order valence-corrected chi connectivity index (χ2v) is 8.17. The highest BCUT2D eigenvalue weighted by Gasteiger charge is 2.23. The third-order valence-electron chi connectivity index (χ3n) is 3.09. The molecule has 1 amide bonds. The highest BCUT2D eigenvalue weighted by atomic mass is 79.9. The lowest BCUT2D eigenvalue weighted by molar-refractivity contribution is -0.115. The van der Waals surface area contributed by atoms with Gasteiger partial charge >= 0.3 is 0 Å². The number of aliphatic imine (C=N–C) groups is 1. The van der Waals surface area contributed by atoms with Crippen LogP contribution in [-0.2, 0) is 11.2 Å². The maximum atomic E-state index is 12.0. The predicted molar refractivity (Wildman–Crippen MR) is 98.6 cm³/mol. The van der Waals surface area contributed by atoms with E-state index in [2.05, 4.69) is 45.3 Å². The van der Waals surface area contributed by atoms with Gasteiger partial charge in [-0.2, -0.15) is 0 Å². The van der Waals surface area contributed by atoms with Gasteiger partial charge in [-0.15, -0.1) is 11.3 Å². The maximum absolute atomic E-state index is 12.0. The molecule has 3 nitrogen and oxygen atoms in total. The number of rotatable bonds is 3. The molecule has 1 aromatic heterocycles. The molecule has 0 aliphatic carbocycles. The van der Waals surface area contributed by atoms with Crippen LogP contribution in [0.5, 0.6) is 0 Å². The number of carbonyl (C=O) groups excluding carboxylic acids is 1. The van der Waals surface area contributed by atoms with Crippen molar-refractivity contribution in [1.29, 1.82) is 0 Å². The van der Waals surface area contributed by atoms with E-state index >= 15 is 0 Å². The molecule has 2 heterocycles. The van der Waals surface area contributed by atoms with Gasteiger partial charge in [-0.25, -0.2) is 4.99 Å². The summed E-state index contributed by atoms with van der Waals surface area (Å²) in [6.07, 6.45) is 2.89. The van der Waals surface area contributed by atoms with Crippen LogP contribution in [-0.4, -0.2) is 11.1 Å². The van der Waals surface area contributed by atoms with Crippen molar-refractivity contribution < 1.29 is 4.79 Å². The average Bonchev–Trinajstić information content (AvgIpc) is 3.06. The third kappa shape index (κ3) is 3.69. The zero-order chi connectivity index (χ0) is 15.5. The minimum absolute atomic E-state index is 0.0987. The van der Waals surface area contributed by atoms with Crippen molar-refractivity contribution in [2.24, 2.45) is 4.99 Å². The molecule has 1 saturated heterocycles. The van der Waals surface area contributed by atoms with Gasteiger partial charge in [0, 0.05) is 4.88 Å². The lowest BCUT2D eigenvalue weighted by Gasteiger charge is -1.98. The maximum Gasteiger partial charge on any atom is 0.264 e. The molecule has 3 rings (SSSR count). The largest absolute Gasteiger partial charge is 0.300 e. The second kappa shape index (κ2) is 6.81. The van der Waals surface area contributed by atoms with Crippen LogP contribution in [0, 0.1) is 0 Å². The van der Waals surface area contributed by atoms with E-state index < -0.39 is 0 Å². The van der Waals surface area contributed by atoms with Gasteiger partial charge < -0.3 is 5.32 Å². The summed E-state index contributed by atoms with van der Waals surface area (Å²) in [6, 6.07) is 12.0. The van der Waals surface area contributed by atoms with Gasteiger partial charge in [0.25, 0.3) is 5.91 Å². The van der Waals surface area contributed by atoms with Crippen LogP contribution in [0.1, 0.15) is 17.4 Å². The topological polar surface area (TPSA) is 41.5 Å². The van der Waals surface area contributed by atoms with Gasteiger partial charge in [0.1, 0.15) is 0 Å². The SMILES string of the molecule is CCc1ccc(N=C2NC(=O)/C(=C/c3ccc(Br)s3)S2)cc1. The Labute approximate surface area is 145 Å². The summed E-state index contributed by atoms with van der Waals surface area (Å²) < 4.78 is 1.05. The molecule has 0 unspecified atom stereocenters. The van der Waals surface area contributed by atoms with Crippen LogP contribution < -0.4 is 5.32 Å². The van der Waals surface area contributed by atoms with Gasteiger partial charge in [-0.1, -0.05) is 19.1 Å². The van der Waals surface area contributed by atoms with Crippen LogP contribution in [0.3, 0.4) is 0 Å². The van der Waals surface area contributed by atoms with Gasteiger partial charge in [0.15, 0.2) is 5.17 Å². The Morgan fingerprint density at radius 2 is 2.00 bits per heavy atom. The van der Waals surface area contributed by atoms with E-state index in [-0.39, 0.29) is 5.91 Å². The molecule has 1 aliphatic rings. The van der Waals surface area contributed by atoms with E-state index in [0.29, 0.717) is 10.1 Å². The molecule has 1 fully saturated rings. The Bertz CT molecular complexity index is 763. The number of thiophene rings is 1. The van der Waals surface area contributed by atoms with Crippen LogP contribution in [0.2, 0.25) is 0 Å². The molecule has 6 heteroatoms. The van der Waals surface area contributed by atoms with E-state index in [4.69, 9.17) is 0 Å². The van der Waals surface area contributed by atoms with Gasteiger partial charge in [0.05, 0.1) is 14.4 Å². The highest BCUT2D eigenvalue weighted by molar-refractivity contribution is 9.11. The van der Waals surface area contributed by atoms with E-state index in [1.54, 1.807) is 11.3 Å². The molecule has 2 aromatic rings. The standard InChI is InChI=1S/C16H13BrN2OS2/c1-2-10-3-5-11(6-4-10)18-16-19-15(20)13(22-16)9-12-7-8-14(17)21-12/h3-9H,2H2,1H3,(H,18,19,20)/b13-9-. The van der Waals surface area contributed by atoms with Crippen molar-refractivity contribution in [3.8, 4) is 0 Å². The van der Waals surface area contributed by atoms with Gasteiger partial charge in [0.2, 0.25) is 0 Å². The molecule has 0 radical (unpaired) electrons. The summed E-state index contributed by atoms with van der Waals surface area (Å²) in [4.78, 5) is 18.2. The van der Waals surface area contributed by atoms with Crippen molar-refractivity contribution in [1.82, 2.24) is 5.32 Å². The number of hydrogen-bond acceptors (Lipinski definition) is 4. The molecule has 22 heavy (non-hydrogen) atoms.